The van der Waals surface area contributed by atoms with Crippen molar-refractivity contribution in [2.24, 2.45) is 0 Å². The highest BCUT2D eigenvalue weighted by Gasteiger charge is 2.26. The molecule has 160 valence electrons. The summed E-state index contributed by atoms with van der Waals surface area (Å²) in [5.41, 5.74) is 6.72. The zero-order valence-electron chi connectivity index (χ0n) is 17.9. The number of nitrogens with zero attached hydrogens (tertiary/aromatic N) is 1. The van der Waals surface area contributed by atoms with Crippen LogP contribution in [0.2, 0.25) is 0 Å². The van der Waals surface area contributed by atoms with Crippen LogP contribution in [0.4, 0.5) is 5.69 Å². The smallest absolute Gasteiger partial charge is 0.313 e. The number of rotatable bonds is 5. The molecule has 2 heterocycles. The fraction of sp³-hybridized carbons (Fsp3) is 0.280. The number of carbonyl (C=O) groups excluding carboxylic acids is 2. The Morgan fingerprint density at radius 1 is 1.03 bits per heavy atom. The van der Waals surface area contributed by atoms with E-state index in [1.165, 1.54) is 16.7 Å². The van der Waals surface area contributed by atoms with Gasteiger partial charge in [-0.3, -0.25) is 14.5 Å². The molecule has 0 bridgehead atoms. The highest BCUT2D eigenvalue weighted by molar-refractivity contribution is 7.08. The van der Waals surface area contributed by atoms with Gasteiger partial charge in [-0.2, -0.15) is 11.3 Å². The summed E-state index contributed by atoms with van der Waals surface area (Å²) in [4.78, 5) is 27.3. The van der Waals surface area contributed by atoms with E-state index in [-0.39, 0.29) is 6.04 Å². The molecule has 1 aliphatic rings. The monoisotopic (exact) mass is 433 g/mol. The Morgan fingerprint density at radius 2 is 1.84 bits per heavy atom. The molecular weight excluding hydrogens is 406 g/mol. The van der Waals surface area contributed by atoms with Crippen molar-refractivity contribution in [2.75, 3.05) is 18.4 Å². The lowest BCUT2D eigenvalue weighted by Crippen LogP contribution is -2.43. The summed E-state index contributed by atoms with van der Waals surface area (Å²) in [5.74, 6) is -1.26. The zero-order chi connectivity index (χ0) is 21.8. The molecule has 1 aromatic heterocycles. The van der Waals surface area contributed by atoms with E-state index in [1.54, 1.807) is 11.3 Å². The van der Waals surface area contributed by atoms with E-state index in [9.17, 15) is 9.59 Å². The molecule has 5 nitrogen and oxygen atoms in total. The molecule has 0 aliphatic carbocycles. The minimum absolute atomic E-state index is 0.0259. The number of thiophene rings is 1. The summed E-state index contributed by atoms with van der Waals surface area (Å²) in [6.45, 7) is 6.13. The first-order chi connectivity index (χ1) is 15.0. The van der Waals surface area contributed by atoms with Crippen molar-refractivity contribution in [3.63, 3.8) is 0 Å². The molecule has 4 rings (SSSR count). The standard InChI is InChI=1S/C25H27N3O2S/c1-17-7-8-22(13-18(17)2)27-25(30)24(29)26-14-23(21-10-12-31-16-21)28-11-9-19-5-3-4-6-20(19)15-28/h3-8,10,12-13,16,23H,9,11,14-15H2,1-2H3,(H,26,29)(H,27,30). The largest absolute Gasteiger partial charge is 0.346 e. The van der Waals surface area contributed by atoms with Crippen molar-refractivity contribution in [3.8, 4) is 0 Å². The van der Waals surface area contributed by atoms with Crippen LogP contribution in [0.5, 0.6) is 0 Å². The van der Waals surface area contributed by atoms with Gasteiger partial charge in [0.2, 0.25) is 0 Å². The van der Waals surface area contributed by atoms with Gasteiger partial charge in [0.1, 0.15) is 0 Å². The third-order valence-electron chi connectivity index (χ3n) is 5.96. The van der Waals surface area contributed by atoms with Gasteiger partial charge in [-0.25, -0.2) is 0 Å². The van der Waals surface area contributed by atoms with Gasteiger partial charge in [0.05, 0.1) is 6.04 Å². The molecule has 2 aromatic carbocycles. The van der Waals surface area contributed by atoms with E-state index in [2.05, 4.69) is 56.6 Å². The Bertz CT molecular complexity index is 1080. The SMILES string of the molecule is Cc1ccc(NC(=O)C(=O)NCC(c2ccsc2)N2CCc3ccccc3C2)cc1C. The third-order valence-corrected chi connectivity index (χ3v) is 6.66. The fourth-order valence-electron chi connectivity index (χ4n) is 3.98. The summed E-state index contributed by atoms with van der Waals surface area (Å²) in [5, 5.41) is 9.72. The second-order valence-electron chi connectivity index (χ2n) is 8.02. The summed E-state index contributed by atoms with van der Waals surface area (Å²) in [6, 6.07) is 16.2. The van der Waals surface area contributed by atoms with Gasteiger partial charge in [0, 0.05) is 25.3 Å². The van der Waals surface area contributed by atoms with E-state index in [1.807, 2.05) is 32.0 Å². The van der Waals surface area contributed by atoms with Crippen LogP contribution in [0.3, 0.4) is 0 Å². The molecular formula is C25H27N3O2S. The second-order valence-corrected chi connectivity index (χ2v) is 8.80. The minimum atomic E-state index is -0.642. The molecule has 31 heavy (non-hydrogen) atoms. The van der Waals surface area contributed by atoms with Crippen molar-refractivity contribution in [3.05, 3.63) is 87.1 Å². The highest BCUT2D eigenvalue weighted by atomic mass is 32.1. The third kappa shape index (κ3) is 5.03. The molecule has 0 saturated carbocycles. The maximum Gasteiger partial charge on any atom is 0.313 e. The molecule has 2 N–H and O–H groups in total. The number of fused-ring (bicyclic) bond motifs is 1. The van der Waals surface area contributed by atoms with Gasteiger partial charge in [0.15, 0.2) is 0 Å². The number of hydrogen-bond donors (Lipinski definition) is 2. The summed E-state index contributed by atoms with van der Waals surface area (Å²) < 4.78 is 0. The zero-order valence-corrected chi connectivity index (χ0v) is 18.7. The van der Waals surface area contributed by atoms with Gasteiger partial charge in [0.25, 0.3) is 0 Å². The Balaban J connectivity index is 1.41. The first-order valence-electron chi connectivity index (χ1n) is 10.5. The van der Waals surface area contributed by atoms with Crippen LogP contribution in [0, 0.1) is 13.8 Å². The molecule has 6 heteroatoms. The van der Waals surface area contributed by atoms with E-state index in [4.69, 9.17) is 0 Å². The molecule has 1 atom stereocenters. The molecule has 3 aromatic rings. The van der Waals surface area contributed by atoms with Crippen molar-refractivity contribution in [1.82, 2.24) is 10.2 Å². The lowest BCUT2D eigenvalue weighted by molar-refractivity contribution is -0.136. The molecule has 2 amide bonds. The van der Waals surface area contributed by atoms with Gasteiger partial charge in [-0.15, -0.1) is 0 Å². The summed E-state index contributed by atoms with van der Waals surface area (Å²) >= 11 is 1.64. The highest BCUT2D eigenvalue weighted by Crippen LogP contribution is 2.28. The number of aryl methyl sites for hydroxylation is 2. The van der Waals surface area contributed by atoms with Crippen molar-refractivity contribution in [1.29, 1.82) is 0 Å². The molecule has 1 unspecified atom stereocenters. The quantitative estimate of drug-likeness (QED) is 0.593. The van der Waals surface area contributed by atoms with Crippen LogP contribution < -0.4 is 10.6 Å². The van der Waals surface area contributed by atoms with E-state index < -0.39 is 11.8 Å². The van der Waals surface area contributed by atoms with Crippen molar-refractivity contribution in [2.45, 2.75) is 32.9 Å². The maximum atomic E-state index is 12.5. The number of nitrogens with one attached hydrogen (secondary N) is 2. The first kappa shape index (κ1) is 21.3. The average Bonchev–Trinajstić information content (AvgIpc) is 3.31. The molecule has 0 saturated heterocycles. The number of anilines is 1. The van der Waals surface area contributed by atoms with Crippen LogP contribution >= 0.6 is 11.3 Å². The number of benzene rings is 2. The first-order valence-corrected chi connectivity index (χ1v) is 11.4. The molecule has 1 aliphatic heterocycles. The van der Waals surface area contributed by atoms with Crippen molar-refractivity contribution < 1.29 is 9.59 Å². The van der Waals surface area contributed by atoms with Gasteiger partial charge >= 0.3 is 11.8 Å². The van der Waals surface area contributed by atoms with Crippen LogP contribution in [-0.4, -0.2) is 29.8 Å². The Hall–Kier alpha value is -2.96. The van der Waals surface area contributed by atoms with E-state index >= 15 is 0 Å². The average molecular weight is 434 g/mol. The second kappa shape index (κ2) is 9.45. The normalized spacial score (nSPS) is 14.5. The van der Waals surface area contributed by atoms with Crippen LogP contribution in [-0.2, 0) is 22.6 Å². The van der Waals surface area contributed by atoms with Gasteiger partial charge in [-0.05, 0) is 77.0 Å². The maximum absolute atomic E-state index is 12.5. The Kier molecular flexibility index (Phi) is 6.49. The topological polar surface area (TPSA) is 61.4 Å². The Labute approximate surface area is 187 Å². The van der Waals surface area contributed by atoms with Crippen LogP contribution in [0.25, 0.3) is 0 Å². The summed E-state index contributed by atoms with van der Waals surface area (Å²) in [7, 11) is 0. The predicted molar refractivity (Wildman–Crippen MR) is 125 cm³/mol. The predicted octanol–water partition coefficient (Wildman–Crippen LogP) is 4.22. The van der Waals surface area contributed by atoms with E-state index in [0.29, 0.717) is 12.2 Å². The molecule has 0 radical (unpaired) electrons. The van der Waals surface area contributed by atoms with Gasteiger partial charge < -0.3 is 10.6 Å². The van der Waals surface area contributed by atoms with Crippen LogP contribution in [0.15, 0.2) is 59.3 Å². The van der Waals surface area contributed by atoms with E-state index in [0.717, 1.165) is 30.6 Å². The number of hydrogen-bond acceptors (Lipinski definition) is 4. The van der Waals surface area contributed by atoms with Crippen molar-refractivity contribution >= 4 is 28.8 Å². The van der Waals surface area contributed by atoms with Gasteiger partial charge in [-0.1, -0.05) is 30.3 Å². The number of amides is 2. The lowest BCUT2D eigenvalue weighted by Gasteiger charge is -2.35. The number of carbonyl (C=O) groups is 2. The summed E-state index contributed by atoms with van der Waals surface area (Å²) in [6.07, 6.45) is 0.984. The molecule has 0 fully saturated rings. The lowest BCUT2D eigenvalue weighted by atomic mass is 9.97. The fourth-order valence-corrected chi connectivity index (χ4v) is 4.69. The molecule has 0 spiro atoms. The Morgan fingerprint density at radius 3 is 2.58 bits per heavy atom. The van der Waals surface area contributed by atoms with Crippen LogP contribution in [0.1, 0.15) is 33.9 Å². The minimum Gasteiger partial charge on any atom is -0.346 e.